The molecule has 1 aliphatic carbocycles. The van der Waals surface area contributed by atoms with Crippen molar-refractivity contribution < 1.29 is 14.7 Å². The van der Waals surface area contributed by atoms with Crippen LogP contribution in [0.15, 0.2) is 78.9 Å². The summed E-state index contributed by atoms with van der Waals surface area (Å²) >= 11 is 0. The van der Waals surface area contributed by atoms with Gasteiger partial charge in [-0.05, 0) is 27.8 Å². The highest BCUT2D eigenvalue weighted by Crippen LogP contribution is 2.55. The van der Waals surface area contributed by atoms with E-state index in [2.05, 4.69) is 24.3 Å². The summed E-state index contributed by atoms with van der Waals surface area (Å²) in [6.45, 7) is 0.120. The lowest BCUT2D eigenvalue weighted by Crippen LogP contribution is -2.51. The van der Waals surface area contributed by atoms with Gasteiger partial charge in [0.05, 0.1) is 12.1 Å². The first kappa shape index (κ1) is 16.9. The molecular weight excluding hydrogens is 350 g/mol. The lowest BCUT2D eigenvalue weighted by atomic mass is 9.78. The molecule has 0 spiro atoms. The zero-order valence-electron chi connectivity index (χ0n) is 15.2. The number of carboxylic acid groups (broad SMARTS) is 1. The van der Waals surface area contributed by atoms with Crippen LogP contribution < -0.4 is 0 Å². The molecule has 28 heavy (non-hydrogen) atoms. The Balaban J connectivity index is 1.90. The molecule has 4 heteroatoms. The number of carboxylic acids is 1. The summed E-state index contributed by atoms with van der Waals surface area (Å²) in [5.74, 6) is -0.993. The number of benzene rings is 3. The molecule has 0 amide bonds. The molecule has 0 aromatic heterocycles. The number of hydrogen-bond acceptors (Lipinski definition) is 3. The second-order valence-electron chi connectivity index (χ2n) is 7.39. The van der Waals surface area contributed by atoms with E-state index in [0.29, 0.717) is 0 Å². The predicted molar refractivity (Wildman–Crippen MR) is 106 cm³/mol. The van der Waals surface area contributed by atoms with Gasteiger partial charge in [-0.1, -0.05) is 78.9 Å². The van der Waals surface area contributed by atoms with Gasteiger partial charge in [-0.15, -0.1) is 0 Å². The first-order valence-corrected chi connectivity index (χ1v) is 9.40. The van der Waals surface area contributed by atoms with Crippen LogP contribution in [-0.4, -0.2) is 34.3 Å². The number of Topliss-reactive ketones (excluding diaryl/α,β-unsaturated/α-hetero) is 1. The molecule has 138 valence electrons. The van der Waals surface area contributed by atoms with Crippen molar-refractivity contribution in [3.63, 3.8) is 0 Å². The van der Waals surface area contributed by atoms with Gasteiger partial charge in [-0.25, -0.2) is 0 Å². The standard InChI is InChI=1S/C24H19NO3/c26-17-14-22(23(27)28)25(15-17)24(16-8-2-1-3-9-16)20-12-6-4-10-18(20)19-11-5-7-13-21(19)24/h1-13,22H,14-15H2,(H,27,28)/t22-/m1/s1. The average Bonchev–Trinajstić information content (AvgIpc) is 3.25. The Morgan fingerprint density at radius 2 is 1.39 bits per heavy atom. The molecule has 1 N–H and O–H groups in total. The average molecular weight is 369 g/mol. The molecule has 1 saturated heterocycles. The second-order valence-corrected chi connectivity index (χ2v) is 7.39. The van der Waals surface area contributed by atoms with E-state index < -0.39 is 17.6 Å². The summed E-state index contributed by atoms with van der Waals surface area (Å²) in [5.41, 5.74) is 4.42. The summed E-state index contributed by atoms with van der Waals surface area (Å²) in [6.07, 6.45) is 0.0360. The summed E-state index contributed by atoms with van der Waals surface area (Å²) in [7, 11) is 0. The zero-order valence-corrected chi connectivity index (χ0v) is 15.2. The van der Waals surface area contributed by atoms with Crippen molar-refractivity contribution in [2.45, 2.75) is 18.0 Å². The minimum Gasteiger partial charge on any atom is -0.480 e. The highest BCUT2D eigenvalue weighted by molar-refractivity contribution is 5.92. The van der Waals surface area contributed by atoms with Gasteiger partial charge >= 0.3 is 5.97 Å². The lowest BCUT2D eigenvalue weighted by molar-refractivity contribution is -0.143. The number of aliphatic carboxylic acids is 1. The normalized spacial score (nSPS) is 20.0. The van der Waals surface area contributed by atoms with Crippen molar-refractivity contribution in [3.8, 4) is 11.1 Å². The molecule has 0 radical (unpaired) electrons. The molecule has 3 aromatic rings. The van der Waals surface area contributed by atoms with Gasteiger partial charge in [0.15, 0.2) is 0 Å². The van der Waals surface area contributed by atoms with Crippen LogP contribution in [0.3, 0.4) is 0 Å². The monoisotopic (exact) mass is 369 g/mol. The Bertz CT molecular complexity index is 1040. The minimum atomic E-state index is -0.956. The molecule has 1 fully saturated rings. The van der Waals surface area contributed by atoms with E-state index in [-0.39, 0.29) is 18.7 Å². The van der Waals surface area contributed by atoms with Crippen molar-refractivity contribution >= 4 is 11.8 Å². The Kier molecular flexibility index (Phi) is 3.71. The number of carbonyl (C=O) groups is 2. The molecule has 0 saturated carbocycles. The van der Waals surface area contributed by atoms with E-state index in [1.54, 1.807) is 0 Å². The van der Waals surface area contributed by atoms with E-state index in [9.17, 15) is 14.7 Å². The smallest absolute Gasteiger partial charge is 0.321 e. The number of hydrogen-bond donors (Lipinski definition) is 1. The number of ketones is 1. The van der Waals surface area contributed by atoms with E-state index in [0.717, 1.165) is 27.8 Å². The third kappa shape index (κ3) is 2.15. The van der Waals surface area contributed by atoms with Crippen LogP contribution in [-0.2, 0) is 15.1 Å². The molecule has 1 heterocycles. The van der Waals surface area contributed by atoms with Gasteiger partial charge in [-0.3, -0.25) is 14.5 Å². The predicted octanol–water partition coefficient (Wildman–Crippen LogP) is 3.69. The fraction of sp³-hybridized carbons (Fsp3) is 0.167. The van der Waals surface area contributed by atoms with Crippen LogP contribution in [0.25, 0.3) is 11.1 Å². The summed E-state index contributed by atoms with van der Waals surface area (Å²) in [6, 6.07) is 25.3. The van der Waals surface area contributed by atoms with Gasteiger partial charge in [0.1, 0.15) is 11.8 Å². The van der Waals surface area contributed by atoms with Crippen LogP contribution in [0.2, 0.25) is 0 Å². The van der Waals surface area contributed by atoms with Crippen molar-refractivity contribution in [2.24, 2.45) is 0 Å². The summed E-state index contributed by atoms with van der Waals surface area (Å²) < 4.78 is 0. The first-order chi connectivity index (χ1) is 13.6. The summed E-state index contributed by atoms with van der Waals surface area (Å²) in [5, 5.41) is 9.93. The lowest BCUT2D eigenvalue weighted by Gasteiger charge is -2.43. The highest BCUT2D eigenvalue weighted by atomic mass is 16.4. The molecule has 2 aliphatic rings. The van der Waals surface area contributed by atoms with Gasteiger partial charge in [-0.2, -0.15) is 0 Å². The first-order valence-electron chi connectivity index (χ1n) is 9.40. The third-order valence-electron chi connectivity index (χ3n) is 5.98. The number of likely N-dealkylation sites (tertiary alicyclic amines) is 1. The Morgan fingerprint density at radius 1 is 0.857 bits per heavy atom. The fourth-order valence-electron chi connectivity index (χ4n) is 4.94. The maximum absolute atomic E-state index is 12.4. The van der Waals surface area contributed by atoms with Crippen LogP contribution in [0.4, 0.5) is 0 Å². The number of fused-ring (bicyclic) bond motifs is 3. The van der Waals surface area contributed by atoms with E-state index in [4.69, 9.17) is 0 Å². The minimum absolute atomic E-state index is 0.0360. The van der Waals surface area contributed by atoms with Gasteiger partial charge in [0, 0.05) is 6.42 Å². The van der Waals surface area contributed by atoms with E-state index in [1.165, 1.54) is 0 Å². The van der Waals surface area contributed by atoms with E-state index >= 15 is 0 Å². The van der Waals surface area contributed by atoms with Crippen molar-refractivity contribution in [1.29, 1.82) is 0 Å². The van der Waals surface area contributed by atoms with Crippen LogP contribution >= 0.6 is 0 Å². The van der Waals surface area contributed by atoms with Crippen LogP contribution in [0.5, 0.6) is 0 Å². The van der Waals surface area contributed by atoms with Crippen molar-refractivity contribution in [3.05, 3.63) is 95.6 Å². The quantitative estimate of drug-likeness (QED) is 0.765. The molecule has 0 unspecified atom stereocenters. The largest absolute Gasteiger partial charge is 0.480 e. The molecular formula is C24H19NO3. The maximum Gasteiger partial charge on any atom is 0.321 e. The number of carbonyl (C=O) groups excluding carboxylic acids is 1. The van der Waals surface area contributed by atoms with Gasteiger partial charge in [0.25, 0.3) is 0 Å². The van der Waals surface area contributed by atoms with E-state index in [1.807, 2.05) is 59.5 Å². The third-order valence-corrected chi connectivity index (χ3v) is 5.98. The fourth-order valence-corrected chi connectivity index (χ4v) is 4.94. The molecule has 0 bridgehead atoms. The van der Waals surface area contributed by atoms with Crippen molar-refractivity contribution in [2.75, 3.05) is 6.54 Å². The molecule has 4 nitrogen and oxygen atoms in total. The zero-order chi connectivity index (χ0) is 19.3. The Morgan fingerprint density at radius 3 is 1.96 bits per heavy atom. The molecule has 1 aliphatic heterocycles. The molecule has 3 aromatic carbocycles. The number of rotatable bonds is 3. The molecule has 5 rings (SSSR count). The topological polar surface area (TPSA) is 57.6 Å². The SMILES string of the molecule is O=C1C[C@H](C(=O)O)N(C2(c3ccccc3)c3ccccc3-c3ccccc32)C1. The Labute approximate surface area is 163 Å². The van der Waals surface area contributed by atoms with Gasteiger partial charge < -0.3 is 5.11 Å². The highest BCUT2D eigenvalue weighted by Gasteiger charge is 2.55. The number of nitrogens with zero attached hydrogens (tertiary/aromatic N) is 1. The van der Waals surface area contributed by atoms with Crippen molar-refractivity contribution in [1.82, 2.24) is 4.90 Å². The second kappa shape index (κ2) is 6.14. The van der Waals surface area contributed by atoms with Crippen LogP contribution in [0.1, 0.15) is 23.1 Å². The Hall–Kier alpha value is -3.24. The summed E-state index contributed by atoms with van der Waals surface area (Å²) in [4.78, 5) is 26.4. The van der Waals surface area contributed by atoms with Gasteiger partial charge in [0.2, 0.25) is 0 Å². The van der Waals surface area contributed by atoms with Crippen LogP contribution in [0, 0.1) is 0 Å². The molecule has 1 atom stereocenters. The maximum atomic E-state index is 12.4.